The average molecular weight is 473 g/mol. The molecule has 0 radical (unpaired) electrons. The maximum atomic E-state index is 12.9. The second-order valence-corrected chi connectivity index (χ2v) is 9.19. The van der Waals surface area contributed by atoms with Crippen LogP contribution in [-0.4, -0.2) is 55.4 Å². The second kappa shape index (κ2) is 9.28. The maximum Gasteiger partial charge on any atom is 0.259 e. The molecule has 4 N–H and O–H groups in total. The molecule has 1 aromatic carbocycles. The molecule has 0 bridgehead atoms. The van der Waals surface area contributed by atoms with Crippen LogP contribution in [0.3, 0.4) is 0 Å². The number of nitrogens with two attached hydrogens (primary N) is 1. The Morgan fingerprint density at radius 1 is 1.00 bits per heavy atom. The van der Waals surface area contributed by atoms with Crippen LogP contribution in [0.1, 0.15) is 48.0 Å². The fraction of sp³-hybridized carbons (Fsp3) is 0.360. The number of nitrogens with one attached hydrogen (secondary N) is 2. The van der Waals surface area contributed by atoms with Gasteiger partial charge in [0, 0.05) is 37.2 Å². The zero-order valence-electron chi connectivity index (χ0n) is 19.4. The van der Waals surface area contributed by atoms with E-state index in [-0.39, 0.29) is 24.2 Å². The van der Waals surface area contributed by atoms with Crippen molar-refractivity contribution in [1.29, 1.82) is 5.41 Å². The molecule has 2 fully saturated rings. The van der Waals surface area contributed by atoms with E-state index in [0.717, 1.165) is 61.9 Å². The van der Waals surface area contributed by atoms with E-state index in [9.17, 15) is 9.59 Å². The van der Waals surface area contributed by atoms with Crippen LogP contribution >= 0.6 is 0 Å². The highest BCUT2D eigenvalue weighted by Crippen LogP contribution is 2.44. The molecule has 1 aliphatic heterocycles. The lowest BCUT2D eigenvalue weighted by Crippen LogP contribution is -2.50. The number of hydrogen-bond acceptors (Lipinski definition) is 7. The molecule has 180 valence electrons. The Morgan fingerprint density at radius 3 is 2.31 bits per heavy atom. The van der Waals surface area contributed by atoms with Gasteiger partial charge in [-0.1, -0.05) is 30.7 Å². The normalized spacial score (nSPS) is 16.5. The first-order valence-corrected chi connectivity index (χ1v) is 11.8. The van der Waals surface area contributed by atoms with Crippen LogP contribution in [0.15, 0.2) is 49.1 Å². The van der Waals surface area contributed by atoms with Crippen LogP contribution in [0.5, 0.6) is 0 Å². The first-order valence-electron chi connectivity index (χ1n) is 11.8. The van der Waals surface area contributed by atoms with Gasteiger partial charge in [-0.15, -0.1) is 0 Å². The van der Waals surface area contributed by atoms with Gasteiger partial charge in [-0.3, -0.25) is 19.7 Å². The number of rotatable bonds is 6. The lowest BCUT2D eigenvalue weighted by Gasteiger charge is -2.42. The molecule has 2 aromatic heterocycles. The number of likely N-dealkylation sites (tertiary alicyclic amines) is 1. The summed E-state index contributed by atoms with van der Waals surface area (Å²) in [5.41, 5.74) is 8.18. The first kappa shape index (κ1) is 22.7. The van der Waals surface area contributed by atoms with E-state index in [0.29, 0.717) is 5.56 Å². The molecule has 1 aliphatic carbocycles. The maximum absolute atomic E-state index is 12.9. The predicted molar refractivity (Wildman–Crippen MR) is 131 cm³/mol. The van der Waals surface area contributed by atoms with Crippen molar-refractivity contribution in [2.45, 2.75) is 44.1 Å². The summed E-state index contributed by atoms with van der Waals surface area (Å²) in [6.07, 6.45) is 11.0. The summed E-state index contributed by atoms with van der Waals surface area (Å²) >= 11 is 0. The smallest absolute Gasteiger partial charge is 0.259 e. The molecular weight excluding hydrogens is 444 g/mol. The lowest BCUT2D eigenvalue weighted by atomic mass is 9.63. The Bertz CT molecular complexity index is 1240. The fourth-order valence-corrected chi connectivity index (χ4v) is 4.76. The Labute approximate surface area is 203 Å². The predicted octanol–water partition coefficient (Wildman–Crippen LogP) is 2.37. The van der Waals surface area contributed by atoms with Crippen molar-refractivity contribution in [3.8, 4) is 11.1 Å². The molecular formula is C25H28N8O2. The Morgan fingerprint density at radius 2 is 1.69 bits per heavy atom. The molecule has 5 rings (SSSR count). The molecule has 1 saturated carbocycles. The van der Waals surface area contributed by atoms with E-state index in [4.69, 9.17) is 11.1 Å². The van der Waals surface area contributed by atoms with Gasteiger partial charge in [0.25, 0.3) is 5.91 Å². The minimum absolute atomic E-state index is 0.00713. The summed E-state index contributed by atoms with van der Waals surface area (Å²) in [7, 11) is 0. The zero-order chi connectivity index (χ0) is 24.4. The molecule has 2 amide bonds. The number of nitrogen functional groups attached to an aromatic ring is 1. The van der Waals surface area contributed by atoms with E-state index in [1.165, 1.54) is 10.9 Å². The number of benzene rings is 1. The minimum Gasteiger partial charge on any atom is -0.368 e. The second-order valence-electron chi connectivity index (χ2n) is 9.19. The Hall–Kier alpha value is -4.08. The lowest BCUT2D eigenvalue weighted by molar-refractivity contribution is -0.130. The molecule has 10 nitrogen and oxygen atoms in total. The SMILES string of the molecule is N=C(NC(=O)c1cnn(CC(=O)N2CCCC2)c1)C1(c2ccc(-c3cnc(N)nc3)cc2)CCC1. The van der Waals surface area contributed by atoms with Gasteiger partial charge in [0.05, 0.1) is 17.2 Å². The third-order valence-electron chi connectivity index (χ3n) is 7.02. The summed E-state index contributed by atoms with van der Waals surface area (Å²) in [4.78, 5) is 35.1. The van der Waals surface area contributed by atoms with Gasteiger partial charge < -0.3 is 16.0 Å². The van der Waals surface area contributed by atoms with Crippen LogP contribution in [0, 0.1) is 5.41 Å². The molecule has 10 heteroatoms. The van der Waals surface area contributed by atoms with Crippen molar-refractivity contribution in [2.75, 3.05) is 18.8 Å². The molecule has 1 saturated heterocycles. The highest BCUT2D eigenvalue weighted by molar-refractivity contribution is 6.09. The minimum atomic E-state index is -0.520. The summed E-state index contributed by atoms with van der Waals surface area (Å²) in [5.74, 6) is 0.0226. The van der Waals surface area contributed by atoms with Crippen molar-refractivity contribution in [3.05, 3.63) is 60.2 Å². The third kappa shape index (κ3) is 4.51. The largest absolute Gasteiger partial charge is 0.368 e. The molecule has 3 heterocycles. The molecule has 3 aromatic rings. The summed E-state index contributed by atoms with van der Waals surface area (Å²) in [6.45, 7) is 1.67. The van der Waals surface area contributed by atoms with Gasteiger partial charge in [-0.25, -0.2) is 9.97 Å². The third-order valence-corrected chi connectivity index (χ3v) is 7.02. The summed E-state index contributed by atoms with van der Waals surface area (Å²) in [5, 5.41) is 15.7. The standard InChI is InChI=1S/C25H28N8O2/c26-23(31-22(35)19-14-30-33(15-19)16-21(34)32-10-1-2-11-32)25(8-3-9-25)20-6-4-17(5-7-20)18-12-28-24(27)29-13-18/h4-7,12-15H,1-3,8-11,16H2,(H2,26,31,35)(H2,27,28,29). The highest BCUT2D eigenvalue weighted by atomic mass is 16.2. The molecule has 35 heavy (non-hydrogen) atoms. The van der Waals surface area contributed by atoms with Gasteiger partial charge in [0.1, 0.15) is 12.4 Å². The molecule has 2 aliphatic rings. The van der Waals surface area contributed by atoms with Crippen LogP contribution < -0.4 is 11.1 Å². The van der Waals surface area contributed by atoms with Crippen LogP contribution in [0.25, 0.3) is 11.1 Å². The summed E-state index contributed by atoms with van der Waals surface area (Å²) < 4.78 is 1.48. The van der Waals surface area contributed by atoms with Crippen molar-refractivity contribution in [3.63, 3.8) is 0 Å². The quantitative estimate of drug-likeness (QED) is 0.371. The van der Waals surface area contributed by atoms with Gasteiger partial charge in [-0.2, -0.15) is 5.10 Å². The van der Waals surface area contributed by atoms with E-state index >= 15 is 0 Å². The zero-order valence-corrected chi connectivity index (χ0v) is 19.4. The van der Waals surface area contributed by atoms with Gasteiger partial charge >= 0.3 is 0 Å². The number of carbonyl (C=O) groups is 2. The number of hydrogen-bond donors (Lipinski definition) is 3. The number of amidine groups is 1. The summed E-state index contributed by atoms with van der Waals surface area (Å²) in [6, 6.07) is 7.93. The van der Waals surface area contributed by atoms with E-state index in [2.05, 4.69) is 20.4 Å². The molecule has 0 spiro atoms. The van der Waals surface area contributed by atoms with Crippen LogP contribution in [0.2, 0.25) is 0 Å². The van der Waals surface area contributed by atoms with Crippen molar-refractivity contribution in [2.24, 2.45) is 0 Å². The topological polar surface area (TPSA) is 143 Å². The number of carbonyl (C=O) groups excluding carboxylic acids is 2. The van der Waals surface area contributed by atoms with Gasteiger partial charge in [-0.05, 0) is 36.8 Å². The molecule has 0 unspecified atom stereocenters. The first-order chi connectivity index (χ1) is 16.9. The Balaban J connectivity index is 1.25. The van der Waals surface area contributed by atoms with Crippen LogP contribution in [-0.2, 0) is 16.8 Å². The number of aromatic nitrogens is 4. The van der Waals surface area contributed by atoms with E-state index in [1.807, 2.05) is 29.2 Å². The number of anilines is 1. The molecule has 0 atom stereocenters. The monoisotopic (exact) mass is 472 g/mol. The highest BCUT2D eigenvalue weighted by Gasteiger charge is 2.43. The van der Waals surface area contributed by atoms with Crippen molar-refractivity contribution >= 4 is 23.6 Å². The van der Waals surface area contributed by atoms with Crippen molar-refractivity contribution in [1.82, 2.24) is 30.0 Å². The Kier molecular flexibility index (Phi) is 6.02. The number of nitrogens with zero attached hydrogens (tertiary/aromatic N) is 5. The average Bonchev–Trinajstić information content (AvgIpc) is 3.52. The number of amides is 2. The van der Waals surface area contributed by atoms with E-state index in [1.54, 1.807) is 18.6 Å². The van der Waals surface area contributed by atoms with Crippen molar-refractivity contribution < 1.29 is 9.59 Å². The van der Waals surface area contributed by atoms with Gasteiger partial charge in [0.15, 0.2) is 0 Å². The van der Waals surface area contributed by atoms with Crippen LogP contribution in [0.4, 0.5) is 5.95 Å². The van der Waals surface area contributed by atoms with Gasteiger partial charge in [0.2, 0.25) is 11.9 Å². The fourth-order valence-electron chi connectivity index (χ4n) is 4.76. The van der Waals surface area contributed by atoms with E-state index < -0.39 is 11.3 Å².